The zero-order valence-electron chi connectivity index (χ0n) is 13.6. The number of hydrogen-bond donors (Lipinski definition) is 0. The maximum Gasteiger partial charge on any atom is 0.252 e. The van der Waals surface area contributed by atoms with E-state index in [0.29, 0.717) is 17.4 Å². The van der Waals surface area contributed by atoms with Crippen LogP contribution < -0.4 is 0 Å². The Morgan fingerprint density at radius 2 is 1.88 bits per heavy atom. The number of rotatable bonds is 4. The molecule has 2 heterocycles. The highest BCUT2D eigenvalue weighted by atomic mass is 79.9. The van der Waals surface area contributed by atoms with E-state index < -0.39 is 10.0 Å². The van der Waals surface area contributed by atoms with Gasteiger partial charge in [-0.25, -0.2) is 8.42 Å². The molecule has 0 N–H and O–H groups in total. The first kappa shape index (κ1) is 19.6. The lowest BCUT2D eigenvalue weighted by molar-refractivity contribution is -0.127. The number of benzene rings is 1. The molecule has 0 unspecified atom stereocenters. The largest absolute Gasteiger partial charge is 0.337 e. The van der Waals surface area contributed by atoms with Crippen molar-refractivity contribution >= 4 is 60.9 Å². The van der Waals surface area contributed by atoms with E-state index >= 15 is 0 Å². The first-order chi connectivity index (χ1) is 12.4. The minimum absolute atomic E-state index is 0.124. The van der Waals surface area contributed by atoms with Crippen molar-refractivity contribution < 1.29 is 13.2 Å². The van der Waals surface area contributed by atoms with Crippen LogP contribution in [0.5, 0.6) is 0 Å². The van der Waals surface area contributed by atoms with Gasteiger partial charge in [-0.2, -0.15) is 4.31 Å². The van der Waals surface area contributed by atoms with E-state index in [1.54, 1.807) is 17.0 Å². The fourth-order valence-electron chi connectivity index (χ4n) is 2.60. The zero-order valence-corrected chi connectivity index (χ0v) is 17.6. The van der Waals surface area contributed by atoms with Crippen LogP contribution in [0.2, 0.25) is 4.34 Å². The number of hydrogen-bond acceptors (Lipinski definition) is 4. The van der Waals surface area contributed by atoms with Crippen molar-refractivity contribution in [1.29, 1.82) is 0 Å². The molecular formula is C17H16BrClN2O3S2. The third kappa shape index (κ3) is 4.55. The summed E-state index contributed by atoms with van der Waals surface area (Å²) in [6, 6.07) is 10.7. The number of sulfonamides is 1. The van der Waals surface area contributed by atoms with E-state index in [9.17, 15) is 13.2 Å². The van der Waals surface area contributed by atoms with E-state index in [4.69, 9.17) is 11.6 Å². The predicted octanol–water partition coefficient (Wildman–Crippen LogP) is 3.71. The van der Waals surface area contributed by atoms with Crippen LogP contribution in [0.3, 0.4) is 0 Å². The summed E-state index contributed by atoms with van der Waals surface area (Å²) in [7, 11) is -3.54. The monoisotopic (exact) mass is 474 g/mol. The minimum atomic E-state index is -3.54. The summed E-state index contributed by atoms with van der Waals surface area (Å²) in [6.45, 7) is 1.27. The fourth-order valence-corrected chi connectivity index (χ4v) is 6.07. The summed E-state index contributed by atoms with van der Waals surface area (Å²) < 4.78 is 28.2. The number of thiophene rings is 1. The average Bonchev–Trinajstić information content (AvgIpc) is 3.07. The van der Waals surface area contributed by atoms with Crippen molar-refractivity contribution in [2.45, 2.75) is 4.21 Å². The molecule has 0 spiro atoms. The van der Waals surface area contributed by atoms with Crippen LogP contribution in [0.1, 0.15) is 5.56 Å². The van der Waals surface area contributed by atoms with Crippen LogP contribution in [0.25, 0.3) is 6.08 Å². The van der Waals surface area contributed by atoms with Gasteiger partial charge >= 0.3 is 0 Å². The molecule has 1 aliphatic rings. The number of amides is 1. The van der Waals surface area contributed by atoms with E-state index in [-0.39, 0.29) is 23.2 Å². The predicted molar refractivity (Wildman–Crippen MR) is 108 cm³/mol. The van der Waals surface area contributed by atoms with Gasteiger partial charge in [0.2, 0.25) is 5.91 Å². The second-order valence-electron chi connectivity index (χ2n) is 5.68. The molecular weight excluding hydrogens is 460 g/mol. The molecule has 1 aliphatic heterocycles. The third-order valence-electron chi connectivity index (χ3n) is 3.96. The molecule has 138 valence electrons. The standard InChI is InChI=1S/C17H16BrClN2O3S2/c18-14-3-1-2-13(12-14)4-6-16(22)20-8-10-21(11-9-20)26(23,24)17-7-5-15(19)25-17/h1-7,12H,8-11H2/b6-4+. The molecule has 5 nitrogen and oxygen atoms in total. The number of piperazine rings is 1. The molecule has 3 rings (SSSR count). The quantitative estimate of drug-likeness (QED) is 0.634. The summed E-state index contributed by atoms with van der Waals surface area (Å²) in [4.78, 5) is 14.0. The van der Waals surface area contributed by atoms with E-state index in [0.717, 1.165) is 21.4 Å². The Hall–Kier alpha value is -1.19. The van der Waals surface area contributed by atoms with Gasteiger partial charge in [0.15, 0.2) is 0 Å². The molecule has 0 saturated carbocycles. The lowest BCUT2D eigenvalue weighted by Crippen LogP contribution is -2.50. The molecule has 0 radical (unpaired) electrons. The number of nitrogens with zero attached hydrogens (tertiary/aromatic N) is 2. The molecule has 1 amide bonds. The Labute approximate surface area is 170 Å². The maximum absolute atomic E-state index is 12.6. The highest BCUT2D eigenvalue weighted by Crippen LogP contribution is 2.28. The fraction of sp³-hybridized carbons (Fsp3) is 0.235. The molecule has 2 aromatic rings. The van der Waals surface area contributed by atoms with Gasteiger partial charge in [-0.3, -0.25) is 4.79 Å². The van der Waals surface area contributed by atoms with Gasteiger partial charge in [0.1, 0.15) is 4.21 Å². The van der Waals surface area contributed by atoms with Crippen LogP contribution in [0.15, 0.2) is 51.2 Å². The highest BCUT2D eigenvalue weighted by molar-refractivity contribution is 9.10. The molecule has 9 heteroatoms. The van der Waals surface area contributed by atoms with E-state index in [1.807, 2.05) is 24.3 Å². The zero-order chi connectivity index (χ0) is 18.7. The molecule has 26 heavy (non-hydrogen) atoms. The molecule has 0 atom stereocenters. The highest BCUT2D eigenvalue weighted by Gasteiger charge is 2.30. The van der Waals surface area contributed by atoms with Gasteiger partial charge in [0.05, 0.1) is 4.34 Å². The van der Waals surface area contributed by atoms with Gasteiger partial charge < -0.3 is 4.90 Å². The molecule has 1 aromatic heterocycles. The molecule has 1 saturated heterocycles. The average molecular weight is 476 g/mol. The van der Waals surface area contributed by atoms with Crippen molar-refractivity contribution in [1.82, 2.24) is 9.21 Å². The Bertz CT molecular complexity index is 935. The number of halogens is 2. The minimum Gasteiger partial charge on any atom is -0.337 e. The van der Waals surface area contributed by atoms with Crippen LogP contribution in [0.4, 0.5) is 0 Å². The van der Waals surface area contributed by atoms with E-state index in [1.165, 1.54) is 16.4 Å². The topological polar surface area (TPSA) is 57.7 Å². The van der Waals surface area contributed by atoms with E-state index in [2.05, 4.69) is 15.9 Å². The Balaban J connectivity index is 1.60. The summed E-state index contributed by atoms with van der Waals surface area (Å²) in [5.74, 6) is -0.124. The summed E-state index contributed by atoms with van der Waals surface area (Å²) in [5.41, 5.74) is 0.920. The second kappa shape index (κ2) is 8.22. The molecule has 1 fully saturated rings. The Kier molecular flexibility index (Phi) is 6.19. The van der Waals surface area contributed by atoms with Crippen molar-refractivity contribution in [2.24, 2.45) is 0 Å². The third-order valence-corrected chi connectivity index (χ3v) is 8.05. The lowest BCUT2D eigenvalue weighted by Gasteiger charge is -2.33. The first-order valence-corrected chi connectivity index (χ1v) is 11.3. The van der Waals surface area contributed by atoms with Gasteiger partial charge in [0.25, 0.3) is 10.0 Å². The van der Waals surface area contributed by atoms with Gasteiger partial charge in [0, 0.05) is 36.7 Å². The molecule has 0 bridgehead atoms. The summed E-state index contributed by atoms with van der Waals surface area (Å²) >= 11 is 10.3. The van der Waals surface area contributed by atoms with Crippen molar-refractivity contribution in [2.75, 3.05) is 26.2 Å². The Morgan fingerprint density at radius 1 is 1.15 bits per heavy atom. The van der Waals surface area contributed by atoms with Crippen LogP contribution in [-0.2, 0) is 14.8 Å². The Morgan fingerprint density at radius 3 is 2.50 bits per heavy atom. The van der Waals surface area contributed by atoms with Crippen LogP contribution >= 0.6 is 38.9 Å². The van der Waals surface area contributed by atoms with Crippen molar-refractivity contribution in [3.8, 4) is 0 Å². The van der Waals surface area contributed by atoms with Gasteiger partial charge in [-0.15, -0.1) is 11.3 Å². The van der Waals surface area contributed by atoms with Crippen LogP contribution in [-0.4, -0.2) is 49.7 Å². The number of carbonyl (C=O) groups excluding carboxylic acids is 1. The SMILES string of the molecule is O=C(/C=C/c1cccc(Br)c1)N1CCN(S(=O)(=O)c2ccc(Cl)s2)CC1. The van der Waals surface area contributed by atoms with Crippen LogP contribution in [0, 0.1) is 0 Å². The van der Waals surface area contributed by atoms with Gasteiger partial charge in [-0.05, 0) is 35.9 Å². The smallest absolute Gasteiger partial charge is 0.252 e. The number of carbonyl (C=O) groups is 1. The normalized spacial score (nSPS) is 16.3. The second-order valence-corrected chi connectivity index (χ2v) is 10.5. The van der Waals surface area contributed by atoms with Crippen molar-refractivity contribution in [3.63, 3.8) is 0 Å². The maximum atomic E-state index is 12.6. The van der Waals surface area contributed by atoms with Gasteiger partial charge in [-0.1, -0.05) is 39.7 Å². The molecule has 0 aliphatic carbocycles. The molecule has 1 aromatic carbocycles. The summed E-state index contributed by atoms with van der Waals surface area (Å²) in [6.07, 6.45) is 3.27. The lowest BCUT2D eigenvalue weighted by atomic mass is 10.2. The first-order valence-electron chi connectivity index (χ1n) is 7.84. The van der Waals surface area contributed by atoms with Crippen molar-refractivity contribution in [3.05, 3.63) is 56.8 Å². The summed E-state index contributed by atoms with van der Waals surface area (Å²) in [5, 5.41) is 0.